The number of rotatable bonds is 7. The van der Waals surface area contributed by atoms with E-state index >= 15 is 0 Å². The highest BCUT2D eigenvalue weighted by atomic mass is 16.4. The Labute approximate surface area is 127 Å². The highest BCUT2D eigenvalue weighted by molar-refractivity contribution is 5.87. The van der Waals surface area contributed by atoms with Gasteiger partial charge in [-0.3, -0.25) is 4.79 Å². The molecule has 2 rings (SSSR count). The number of benzene rings is 1. The Kier molecular flexibility index (Phi) is 5.26. The van der Waals surface area contributed by atoms with E-state index in [2.05, 4.69) is 15.3 Å². The molecule has 0 spiro atoms. The van der Waals surface area contributed by atoms with Gasteiger partial charge in [0.2, 0.25) is 5.91 Å². The fraction of sp³-hybridized carbons (Fsp3) is 0.267. The Morgan fingerprint density at radius 2 is 2.00 bits per heavy atom. The van der Waals surface area contributed by atoms with Crippen LogP contribution in [-0.2, 0) is 22.4 Å². The summed E-state index contributed by atoms with van der Waals surface area (Å²) in [6.07, 6.45) is 3.55. The van der Waals surface area contributed by atoms with E-state index in [4.69, 9.17) is 5.73 Å². The lowest BCUT2D eigenvalue weighted by atomic mass is 10.1. The summed E-state index contributed by atoms with van der Waals surface area (Å²) < 4.78 is 0. The van der Waals surface area contributed by atoms with Crippen LogP contribution in [0, 0.1) is 0 Å². The molecule has 0 radical (unpaired) electrons. The Hall–Kier alpha value is -2.67. The first-order chi connectivity index (χ1) is 10.6. The Balaban J connectivity index is 1.95. The van der Waals surface area contributed by atoms with Crippen molar-refractivity contribution in [3.63, 3.8) is 0 Å². The topological polar surface area (TPSA) is 121 Å². The first-order valence-electron chi connectivity index (χ1n) is 6.86. The number of hydrogen-bond donors (Lipinski definition) is 4. The summed E-state index contributed by atoms with van der Waals surface area (Å²) in [4.78, 5) is 30.0. The number of nitrogens with zero attached hydrogens (tertiary/aromatic N) is 1. The summed E-state index contributed by atoms with van der Waals surface area (Å²) >= 11 is 0. The summed E-state index contributed by atoms with van der Waals surface area (Å²) in [7, 11) is 0. The molecule has 2 atom stereocenters. The number of aromatic amines is 1. The third kappa shape index (κ3) is 4.42. The molecule has 7 nitrogen and oxygen atoms in total. The van der Waals surface area contributed by atoms with Crippen LogP contribution < -0.4 is 11.1 Å². The molecule has 1 amide bonds. The van der Waals surface area contributed by atoms with Crippen molar-refractivity contribution in [3.8, 4) is 0 Å². The van der Waals surface area contributed by atoms with Gasteiger partial charge in [-0.2, -0.15) is 0 Å². The van der Waals surface area contributed by atoms with Crippen molar-refractivity contribution in [3.05, 3.63) is 54.1 Å². The second kappa shape index (κ2) is 7.37. The highest BCUT2D eigenvalue weighted by Gasteiger charge is 2.23. The predicted molar refractivity (Wildman–Crippen MR) is 80.0 cm³/mol. The van der Waals surface area contributed by atoms with Gasteiger partial charge in [0.1, 0.15) is 6.04 Å². The van der Waals surface area contributed by atoms with E-state index in [-0.39, 0.29) is 12.8 Å². The number of H-pyrrole nitrogens is 1. The lowest BCUT2D eigenvalue weighted by Crippen LogP contribution is -2.50. The van der Waals surface area contributed by atoms with Gasteiger partial charge in [0, 0.05) is 24.7 Å². The van der Waals surface area contributed by atoms with E-state index in [1.165, 1.54) is 6.33 Å². The lowest BCUT2D eigenvalue weighted by molar-refractivity contribution is -0.141. The molecule has 7 heteroatoms. The van der Waals surface area contributed by atoms with Crippen LogP contribution in [0.2, 0.25) is 0 Å². The molecule has 0 saturated carbocycles. The van der Waals surface area contributed by atoms with Crippen LogP contribution in [0.4, 0.5) is 0 Å². The second-order valence-electron chi connectivity index (χ2n) is 4.98. The van der Waals surface area contributed by atoms with Gasteiger partial charge in [0.15, 0.2) is 0 Å². The highest BCUT2D eigenvalue weighted by Crippen LogP contribution is 2.04. The quantitative estimate of drug-likeness (QED) is 0.577. The number of nitrogens with one attached hydrogen (secondary N) is 2. The van der Waals surface area contributed by atoms with Crippen LogP contribution in [0.15, 0.2) is 42.9 Å². The van der Waals surface area contributed by atoms with Crippen molar-refractivity contribution in [2.75, 3.05) is 0 Å². The largest absolute Gasteiger partial charge is 0.480 e. The number of hydrogen-bond acceptors (Lipinski definition) is 4. The number of aromatic nitrogens is 2. The maximum Gasteiger partial charge on any atom is 0.326 e. The molecule has 0 fully saturated rings. The first kappa shape index (κ1) is 15.7. The third-order valence-corrected chi connectivity index (χ3v) is 3.23. The third-order valence-electron chi connectivity index (χ3n) is 3.23. The van der Waals surface area contributed by atoms with E-state index in [1.807, 2.05) is 30.3 Å². The van der Waals surface area contributed by atoms with E-state index in [9.17, 15) is 14.7 Å². The standard InChI is InChI=1S/C15H18N4O3/c16-12(7-11-8-17-9-18-11)14(20)19-13(15(21)22)6-10-4-2-1-3-5-10/h1-5,8-9,12-13H,6-7,16H2,(H,17,18)(H,19,20)(H,21,22)/t12-,13-/m1/s1. The number of carbonyl (C=O) groups excluding carboxylic acids is 1. The van der Waals surface area contributed by atoms with Crippen molar-refractivity contribution in [1.29, 1.82) is 0 Å². The maximum atomic E-state index is 12.0. The minimum atomic E-state index is -1.09. The van der Waals surface area contributed by atoms with Crippen molar-refractivity contribution in [2.24, 2.45) is 5.73 Å². The smallest absolute Gasteiger partial charge is 0.326 e. The van der Waals surface area contributed by atoms with Crippen molar-refractivity contribution >= 4 is 11.9 Å². The van der Waals surface area contributed by atoms with Crippen molar-refractivity contribution in [1.82, 2.24) is 15.3 Å². The molecular formula is C15H18N4O3. The molecule has 1 aromatic carbocycles. The van der Waals surface area contributed by atoms with Crippen LogP contribution in [0.25, 0.3) is 0 Å². The van der Waals surface area contributed by atoms with E-state index < -0.39 is 24.0 Å². The van der Waals surface area contributed by atoms with Crippen LogP contribution in [-0.4, -0.2) is 39.0 Å². The molecule has 0 aliphatic rings. The minimum absolute atomic E-state index is 0.207. The Morgan fingerprint density at radius 1 is 1.27 bits per heavy atom. The fourth-order valence-electron chi connectivity index (χ4n) is 2.05. The van der Waals surface area contributed by atoms with Gasteiger partial charge in [0.25, 0.3) is 0 Å². The molecule has 0 aliphatic heterocycles. The van der Waals surface area contributed by atoms with Gasteiger partial charge in [-0.1, -0.05) is 30.3 Å². The Bertz CT molecular complexity index is 613. The molecule has 5 N–H and O–H groups in total. The molecule has 1 heterocycles. The van der Waals surface area contributed by atoms with Gasteiger partial charge in [0.05, 0.1) is 12.4 Å². The number of amides is 1. The van der Waals surface area contributed by atoms with Gasteiger partial charge < -0.3 is 21.1 Å². The molecule has 0 bridgehead atoms. The van der Waals surface area contributed by atoms with Gasteiger partial charge >= 0.3 is 5.97 Å². The van der Waals surface area contributed by atoms with Crippen LogP contribution in [0.5, 0.6) is 0 Å². The molecular weight excluding hydrogens is 284 g/mol. The molecule has 0 saturated heterocycles. The van der Waals surface area contributed by atoms with Crippen molar-refractivity contribution < 1.29 is 14.7 Å². The maximum absolute atomic E-state index is 12.0. The lowest BCUT2D eigenvalue weighted by Gasteiger charge is -2.17. The van der Waals surface area contributed by atoms with E-state index in [0.717, 1.165) is 11.3 Å². The summed E-state index contributed by atoms with van der Waals surface area (Å²) in [5.74, 6) is -1.59. The van der Waals surface area contributed by atoms with Crippen LogP contribution in [0.1, 0.15) is 11.3 Å². The normalized spacial score (nSPS) is 13.3. The summed E-state index contributed by atoms with van der Waals surface area (Å²) in [6.45, 7) is 0. The van der Waals surface area contributed by atoms with Gasteiger partial charge in [-0.15, -0.1) is 0 Å². The SMILES string of the molecule is N[C@H](Cc1cnc[nH]1)C(=O)N[C@H](Cc1ccccc1)C(=O)O. The molecule has 1 aromatic heterocycles. The average molecular weight is 302 g/mol. The number of carboxylic acids is 1. The fourth-order valence-corrected chi connectivity index (χ4v) is 2.05. The van der Waals surface area contributed by atoms with E-state index in [0.29, 0.717) is 0 Å². The molecule has 0 unspecified atom stereocenters. The number of carboxylic acid groups (broad SMARTS) is 1. The summed E-state index contributed by atoms with van der Waals surface area (Å²) in [6, 6.07) is 7.26. The first-order valence-corrected chi connectivity index (χ1v) is 6.86. The zero-order valence-electron chi connectivity index (χ0n) is 11.9. The molecule has 0 aliphatic carbocycles. The second-order valence-corrected chi connectivity index (χ2v) is 4.98. The number of aliphatic carboxylic acids is 1. The zero-order valence-corrected chi connectivity index (χ0v) is 11.9. The van der Waals surface area contributed by atoms with Gasteiger partial charge in [-0.25, -0.2) is 9.78 Å². The summed E-state index contributed by atoms with van der Waals surface area (Å²) in [5.41, 5.74) is 7.35. The number of nitrogens with two attached hydrogens (primary N) is 1. The summed E-state index contributed by atoms with van der Waals surface area (Å²) in [5, 5.41) is 11.7. The van der Waals surface area contributed by atoms with Crippen LogP contribution in [0.3, 0.4) is 0 Å². The molecule has 2 aromatic rings. The Morgan fingerprint density at radius 3 is 2.59 bits per heavy atom. The number of imidazole rings is 1. The monoisotopic (exact) mass is 302 g/mol. The van der Waals surface area contributed by atoms with Crippen LogP contribution >= 0.6 is 0 Å². The van der Waals surface area contributed by atoms with E-state index in [1.54, 1.807) is 6.20 Å². The minimum Gasteiger partial charge on any atom is -0.480 e. The van der Waals surface area contributed by atoms with Gasteiger partial charge in [-0.05, 0) is 5.56 Å². The predicted octanol–water partition coefficient (Wildman–Crippen LogP) is 0.0916. The van der Waals surface area contributed by atoms with Crippen molar-refractivity contribution in [2.45, 2.75) is 24.9 Å². The average Bonchev–Trinajstić information content (AvgIpc) is 3.00. The molecule has 22 heavy (non-hydrogen) atoms. The number of carbonyl (C=O) groups is 2. The zero-order chi connectivity index (χ0) is 15.9. The molecule has 116 valence electrons.